The number of Topliss-reactive ketones (excluding diaryl/α,β-unsaturated/α-hetero) is 1. The van der Waals surface area contributed by atoms with Crippen molar-refractivity contribution in [1.29, 1.82) is 0 Å². The average Bonchev–Trinajstić information content (AvgIpc) is 3.58. The van der Waals surface area contributed by atoms with E-state index in [0.29, 0.717) is 30.0 Å². The summed E-state index contributed by atoms with van der Waals surface area (Å²) in [6.45, 7) is 2.12. The van der Waals surface area contributed by atoms with E-state index in [9.17, 15) is 14.0 Å². The Morgan fingerprint density at radius 2 is 1.71 bits per heavy atom. The van der Waals surface area contributed by atoms with Crippen LogP contribution in [0, 0.1) is 18.7 Å². The number of nitrogens with one attached hydrogen (secondary N) is 2. The molecule has 3 aromatic carbocycles. The molecule has 1 saturated heterocycles. The van der Waals surface area contributed by atoms with Crippen molar-refractivity contribution in [3.63, 3.8) is 0 Å². The highest BCUT2D eigenvalue weighted by molar-refractivity contribution is 5.96. The van der Waals surface area contributed by atoms with Gasteiger partial charge in [0, 0.05) is 11.9 Å². The molecule has 38 heavy (non-hydrogen) atoms. The number of amides is 1. The molecule has 0 bridgehead atoms. The Morgan fingerprint density at radius 1 is 1.03 bits per heavy atom. The van der Waals surface area contributed by atoms with Gasteiger partial charge in [-0.05, 0) is 79.8 Å². The Morgan fingerprint density at radius 3 is 2.37 bits per heavy atom. The fourth-order valence-electron chi connectivity index (χ4n) is 4.68. The van der Waals surface area contributed by atoms with E-state index < -0.39 is 12.1 Å². The lowest BCUT2D eigenvalue weighted by Gasteiger charge is -2.18. The molecular weight excluding hydrogens is 485 g/mol. The number of anilines is 1. The fourth-order valence-corrected chi connectivity index (χ4v) is 4.68. The Labute approximate surface area is 219 Å². The summed E-state index contributed by atoms with van der Waals surface area (Å²) < 4.78 is 20.3. The van der Waals surface area contributed by atoms with Gasteiger partial charge in [0.1, 0.15) is 23.9 Å². The van der Waals surface area contributed by atoms with E-state index in [1.54, 1.807) is 42.6 Å². The van der Waals surface area contributed by atoms with Crippen molar-refractivity contribution in [1.82, 2.24) is 20.3 Å². The van der Waals surface area contributed by atoms with Gasteiger partial charge < -0.3 is 10.1 Å². The summed E-state index contributed by atoms with van der Waals surface area (Å²) in [6, 6.07) is 19.9. The van der Waals surface area contributed by atoms with Crippen molar-refractivity contribution in [3.8, 4) is 11.5 Å². The fraction of sp³-hybridized carbons (Fsp3) is 0.241. The predicted octanol–water partition coefficient (Wildman–Crippen LogP) is 4.32. The summed E-state index contributed by atoms with van der Waals surface area (Å²) in [4.78, 5) is 26.4. The van der Waals surface area contributed by atoms with Crippen LogP contribution in [0.4, 0.5) is 10.1 Å². The summed E-state index contributed by atoms with van der Waals surface area (Å²) in [5.74, 6) is 0.452. The first-order chi connectivity index (χ1) is 18.4. The number of benzene rings is 3. The molecule has 5 rings (SSSR count). The average molecular weight is 514 g/mol. The molecule has 2 heterocycles. The van der Waals surface area contributed by atoms with Crippen LogP contribution in [0.2, 0.25) is 0 Å². The first kappa shape index (κ1) is 25.3. The van der Waals surface area contributed by atoms with E-state index in [-0.39, 0.29) is 30.0 Å². The highest BCUT2D eigenvalue weighted by Gasteiger charge is 2.40. The smallest absolute Gasteiger partial charge is 0.241 e. The van der Waals surface area contributed by atoms with Gasteiger partial charge in [0.05, 0.1) is 18.3 Å². The molecule has 0 radical (unpaired) electrons. The minimum atomic E-state index is -0.523. The van der Waals surface area contributed by atoms with Crippen molar-refractivity contribution in [3.05, 3.63) is 102 Å². The maximum atomic E-state index is 13.2. The number of carbonyl (C=O) groups is 2. The number of aromatic nitrogens is 3. The molecule has 0 spiro atoms. The molecule has 1 aromatic heterocycles. The van der Waals surface area contributed by atoms with Crippen LogP contribution in [-0.4, -0.2) is 38.8 Å². The first-order valence-electron chi connectivity index (χ1n) is 12.5. The third kappa shape index (κ3) is 6.30. The van der Waals surface area contributed by atoms with Gasteiger partial charge in [-0.3, -0.25) is 14.9 Å². The molecule has 4 aromatic rings. The quantitative estimate of drug-likeness (QED) is 0.346. The zero-order valence-corrected chi connectivity index (χ0v) is 20.9. The van der Waals surface area contributed by atoms with Crippen molar-refractivity contribution in [2.45, 2.75) is 38.4 Å². The minimum absolute atomic E-state index is 0.0368. The number of nitrogens with zero attached hydrogens (tertiary/aromatic N) is 3. The zero-order chi connectivity index (χ0) is 26.5. The molecule has 8 nitrogen and oxygen atoms in total. The van der Waals surface area contributed by atoms with Crippen LogP contribution in [0.3, 0.4) is 0 Å². The van der Waals surface area contributed by atoms with Gasteiger partial charge in [0.25, 0.3) is 0 Å². The van der Waals surface area contributed by atoms with Gasteiger partial charge >= 0.3 is 0 Å². The highest BCUT2D eigenvalue weighted by Crippen LogP contribution is 2.28. The third-order valence-electron chi connectivity index (χ3n) is 6.63. The maximum Gasteiger partial charge on any atom is 0.241 e. The molecule has 0 aliphatic carbocycles. The topological polar surface area (TPSA) is 98.1 Å². The number of halogens is 1. The van der Waals surface area contributed by atoms with E-state index in [2.05, 4.69) is 45.2 Å². The van der Waals surface area contributed by atoms with Crippen LogP contribution >= 0.6 is 0 Å². The normalized spacial score (nSPS) is 18.7. The number of carbonyl (C=O) groups excluding carboxylic acids is 2. The Kier molecular flexibility index (Phi) is 7.55. The molecule has 1 fully saturated rings. The number of ketones is 1. The highest BCUT2D eigenvalue weighted by atomic mass is 19.1. The lowest BCUT2D eigenvalue weighted by molar-refractivity contribution is -0.122. The largest absolute Gasteiger partial charge is 0.457 e. The monoisotopic (exact) mass is 513 g/mol. The van der Waals surface area contributed by atoms with Crippen molar-refractivity contribution < 1.29 is 18.7 Å². The van der Waals surface area contributed by atoms with E-state index in [4.69, 9.17) is 4.74 Å². The number of ether oxygens (including phenoxy) is 1. The van der Waals surface area contributed by atoms with Gasteiger partial charge in [-0.1, -0.05) is 35.0 Å². The van der Waals surface area contributed by atoms with Crippen LogP contribution in [0.25, 0.3) is 0 Å². The molecule has 1 amide bonds. The van der Waals surface area contributed by atoms with Crippen LogP contribution in [0.15, 0.2) is 85.2 Å². The molecular formula is C29H28FN5O3. The van der Waals surface area contributed by atoms with E-state index >= 15 is 0 Å². The van der Waals surface area contributed by atoms with Gasteiger partial charge in [0.2, 0.25) is 5.91 Å². The number of aryl methyl sites for hydroxylation is 1. The lowest BCUT2D eigenvalue weighted by Crippen LogP contribution is -2.44. The Balaban J connectivity index is 1.24. The summed E-state index contributed by atoms with van der Waals surface area (Å²) in [5.41, 5.74) is 2.90. The molecule has 194 valence electrons. The van der Waals surface area contributed by atoms with Crippen LogP contribution < -0.4 is 15.4 Å². The third-order valence-corrected chi connectivity index (χ3v) is 6.63. The maximum absolute atomic E-state index is 13.2. The molecule has 1 unspecified atom stereocenters. The summed E-state index contributed by atoms with van der Waals surface area (Å²) in [7, 11) is 0. The van der Waals surface area contributed by atoms with Crippen LogP contribution in [0.5, 0.6) is 11.5 Å². The second-order valence-electron chi connectivity index (χ2n) is 9.52. The predicted molar refractivity (Wildman–Crippen MR) is 140 cm³/mol. The zero-order valence-electron chi connectivity index (χ0n) is 20.9. The van der Waals surface area contributed by atoms with E-state index in [0.717, 1.165) is 5.56 Å². The molecule has 9 heteroatoms. The molecule has 3 atom stereocenters. The van der Waals surface area contributed by atoms with E-state index in [1.165, 1.54) is 28.6 Å². The summed E-state index contributed by atoms with van der Waals surface area (Å²) in [6.07, 6.45) is 4.39. The standard InChI is InChI=1S/C29H28FN5O3/c1-19-2-4-20(5-3-19)16-21-17-26(33-28(21)27(36)18-35-15-14-31-34-35)29(37)32-23-8-12-25(13-9-23)38-24-10-6-22(30)7-11-24/h2-15,21,26,28,33H,16-18H2,1H3,(H,32,37)/t21-,26+,28?/m1/s1. The van der Waals surface area contributed by atoms with Gasteiger partial charge in [-0.25, -0.2) is 9.07 Å². The Hall–Kier alpha value is -4.37. The van der Waals surface area contributed by atoms with Crippen molar-refractivity contribution in [2.24, 2.45) is 5.92 Å². The van der Waals surface area contributed by atoms with Crippen LogP contribution in [0.1, 0.15) is 17.5 Å². The molecule has 0 saturated carbocycles. The number of hydrogen-bond acceptors (Lipinski definition) is 6. The van der Waals surface area contributed by atoms with Crippen molar-refractivity contribution in [2.75, 3.05) is 5.32 Å². The second-order valence-corrected chi connectivity index (χ2v) is 9.52. The van der Waals surface area contributed by atoms with E-state index in [1.807, 2.05) is 6.92 Å². The Bertz CT molecular complexity index is 1370. The number of hydrogen-bond donors (Lipinski definition) is 2. The SMILES string of the molecule is Cc1ccc(C[C@@H]2C[C@@H](C(=O)Nc3ccc(Oc4ccc(F)cc4)cc3)NC2C(=O)Cn2ccnn2)cc1. The molecule has 2 N–H and O–H groups in total. The minimum Gasteiger partial charge on any atom is -0.457 e. The van der Waals surface area contributed by atoms with Crippen molar-refractivity contribution >= 4 is 17.4 Å². The van der Waals surface area contributed by atoms with Gasteiger partial charge in [-0.2, -0.15) is 0 Å². The van der Waals surface area contributed by atoms with Crippen LogP contribution in [-0.2, 0) is 22.6 Å². The molecule has 1 aliphatic rings. The lowest BCUT2D eigenvalue weighted by atomic mass is 9.89. The molecule has 1 aliphatic heterocycles. The first-order valence-corrected chi connectivity index (χ1v) is 12.5. The van der Waals surface area contributed by atoms with Gasteiger partial charge in [0.15, 0.2) is 5.78 Å². The summed E-state index contributed by atoms with van der Waals surface area (Å²) in [5, 5.41) is 13.9. The summed E-state index contributed by atoms with van der Waals surface area (Å²) >= 11 is 0. The second kappa shape index (κ2) is 11.4. The van der Waals surface area contributed by atoms with Gasteiger partial charge in [-0.15, -0.1) is 5.10 Å². The number of rotatable bonds is 9.